The first-order chi connectivity index (χ1) is 4.84. The van der Waals surface area contributed by atoms with Crippen LogP contribution in [0.2, 0.25) is 0 Å². The van der Waals surface area contributed by atoms with Gasteiger partial charge in [-0.3, -0.25) is 5.43 Å². The van der Waals surface area contributed by atoms with E-state index in [1.807, 2.05) is 6.20 Å². The fourth-order valence-corrected chi connectivity index (χ4v) is 0.776. The second kappa shape index (κ2) is 3.25. The first kappa shape index (κ1) is 7.12. The van der Waals surface area contributed by atoms with E-state index in [0.29, 0.717) is 5.92 Å². The second-order valence-corrected chi connectivity index (χ2v) is 2.43. The maximum atomic E-state index is 4.16. The number of hydrogen-bond donors (Lipinski definition) is 2. The van der Waals surface area contributed by atoms with Gasteiger partial charge in [0.25, 0.3) is 0 Å². The molecule has 3 nitrogen and oxygen atoms in total. The molecule has 3 heteroatoms. The number of rotatable bonds is 2. The van der Waals surface area contributed by atoms with Crippen LogP contribution < -0.4 is 10.9 Å². The van der Waals surface area contributed by atoms with E-state index in [1.54, 1.807) is 6.34 Å². The Kier molecular flexibility index (Phi) is 2.31. The van der Waals surface area contributed by atoms with E-state index in [1.165, 1.54) is 0 Å². The van der Waals surface area contributed by atoms with Crippen LogP contribution in [0.5, 0.6) is 0 Å². The summed E-state index contributed by atoms with van der Waals surface area (Å²) in [7, 11) is 0. The van der Waals surface area contributed by atoms with Gasteiger partial charge in [0.2, 0.25) is 0 Å². The van der Waals surface area contributed by atoms with E-state index in [4.69, 9.17) is 0 Å². The van der Waals surface area contributed by atoms with Crippen LogP contribution in [0.3, 0.4) is 0 Å². The van der Waals surface area contributed by atoms with Gasteiger partial charge in [0.05, 0.1) is 5.70 Å². The molecule has 0 amide bonds. The summed E-state index contributed by atoms with van der Waals surface area (Å²) in [4.78, 5) is 4.16. The molecule has 1 rings (SSSR count). The number of nitrogens with zero attached hydrogens (tertiary/aromatic N) is 1. The molecule has 0 saturated heterocycles. The molecule has 1 unspecified atom stereocenters. The average molecular weight is 139 g/mol. The average Bonchev–Trinajstić information content (AvgIpc) is 2.05. The smallest absolute Gasteiger partial charge is 0.107 e. The van der Waals surface area contributed by atoms with Gasteiger partial charge in [0.15, 0.2) is 0 Å². The number of allylic oxidation sites excluding steroid dienone is 1. The van der Waals surface area contributed by atoms with Gasteiger partial charge in [-0.25, -0.2) is 4.99 Å². The summed E-state index contributed by atoms with van der Waals surface area (Å²) in [6, 6.07) is 0. The lowest BCUT2D eigenvalue weighted by atomic mass is 10.1. The van der Waals surface area contributed by atoms with E-state index in [9.17, 15) is 0 Å². The van der Waals surface area contributed by atoms with Crippen molar-refractivity contribution >= 4 is 6.34 Å². The highest BCUT2D eigenvalue weighted by molar-refractivity contribution is 5.56. The van der Waals surface area contributed by atoms with Crippen molar-refractivity contribution in [2.24, 2.45) is 10.9 Å². The SMILES string of the molecule is CCC(C)C1=CNNC=N1. The van der Waals surface area contributed by atoms with Gasteiger partial charge in [-0.2, -0.15) is 0 Å². The molecule has 0 aromatic carbocycles. The van der Waals surface area contributed by atoms with E-state index in [-0.39, 0.29) is 0 Å². The summed E-state index contributed by atoms with van der Waals surface area (Å²) in [5, 5.41) is 0. The Bertz CT molecular complexity index is 160. The van der Waals surface area contributed by atoms with Crippen LogP contribution >= 0.6 is 0 Å². The minimum atomic E-state index is 0.547. The molecule has 10 heavy (non-hydrogen) atoms. The molecule has 0 aliphatic carbocycles. The van der Waals surface area contributed by atoms with Gasteiger partial charge in [0.1, 0.15) is 6.34 Å². The summed E-state index contributed by atoms with van der Waals surface area (Å²) in [5.74, 6) is 0.547. The van der Waals surface area contributed by atoms with Crippen molar-refractivity contribution in [3.8, 4) is 0 Å². The van der Waals surface area contributed by atoms with Crippen molar-refractivity contribution in [2.75, 3.05) is 0 Å². The molecule has 0 saturated carbocycles. The summed E-state index contributed by atoms with van der Waals surface area (Å²) < 4.78 is 0. The Morgan fingerprint density at radius 3 is 2.90 bits per heavy atom. The highest BCUT2D eigenvalue weighted by Gasteiger charge is 2.05. The molecule has 1 aliphatic rings. The predicted molar refractivity (Wildman–Crippen MR) is 42.3 cm³/mol. The largest absolute Gasteiger partial charge is 0.306 e. The van der Waals surface area contributed by atoms with Crippen LogP contribution in [0.1, 0.15) is 20.3 Å². The maximum absolute atomic E-state index is 4.16. The zero-order valence-electron chi connectivity index (χ0n) is 6.39. The van der Waals surface area contributed by atoms with Crippen LogP contribution in [-0.2, 0) is 0 Å². The minimum absolute atomic E-state index is 0.547. The topological polar surface area (TPSA) is 36.4 Å². The number of hydrazine groups is 1. The molecular formula is C7H13N3. The Labute approximate surface area is 61.2 Å². The predicted octanol–water partition coefficient (Wildman–Crippen LogP) is 1.01. The fourth-order valence-electron chi connectivity index (χ4n) is 0.776. The molecule has 0 fully saturated rings. The van der Waals surface area contributed by atoms with E-state index < -0.39 is 0 Å². The summed E-state index contributed by atoms with van der Waals surface area (Å²) >= 11 is 0. The van der Waals surface area contributed by atoms with Crippen molar-refractivity contribution in [3.05, 3.63) is 11.9 Å². The van der Waals surface area contributed by atoms with E-state index in [0.717, 1.165) is 12.1 Å². The van der Waals surface area contributed by atoms with Gasteiger partial charge in [-0.1, -0.05) is 13.8 Å². The molecule has 0 radical (unpaired) electrons. The first-order valence-electron chi connectivity index (χ1n) is 3.58. The van der Waals surface area contributed by atoms with E-state index in [2.05, 4.69) is 29.7 Å². The lowest BCUT2D eigenvalue weighted by Gasteiger charge is -2.13. The molecule has 1 atom stereocenters. The first-order valence-corrected chi connectivity index (χ1v) is 3.58. The van der Waals surface area contributed by atoms with Crippen LogP contribution in [0, 0.1) is 5.92 Å². The Morgan fingerprint density at radius 1 is 1.60 bits per heavy atom. The second-order valence-electron chi connectivity index (χ2n) is 2.43. The Hall–Kier alpha value is -0.990. The molecule has 2 N–H and O–H groups in total. The van der Waals surface area contributed by atoms with Crippen LogP contribution in [0.4, 0.5) is 0 Å². The van der Waals surface area contributed by atoms with Crippen LogP contribution in [-0.4, -0.2) is 6.34 Å². The maximum Gasteiger partial charge on any atom is 0.107 e. The summed E-state index contributed by atoms with van der Waals surface area (Å²) in [6.07, 6.45) is 4.69. The monoisotopic (exact) mass is 139 g/mol. The third-order valence-corrected chi connectivity index (χ3v) is 1.70. The van der Waals surface area contributed by atoms with Gasteiger partial charge >= 0.3 is 0 Å². The lowest BCUT2D eigenvalue weighted by molar-refractivity contribution is 0.626. The zero-order chi connectivity index (χ0) is 7.40. The molecule has 0 bridgehead atoms. The zero-order valence-corrected chi connectivity index (χ0v) is 6.39. The molecule has 1 heterocycles. The van der Waals surface area contributed by atoms with Gasteiger partial charge < -0.3 is 5.43 Å². The van der Waals surface area contributed by atoms with E-state index >= 15 is 0 Å². The Balaban J connectivity index is 2.54. The quantitative estimate of drug-likeness (QED) is 0.599. The van der Waals surface area contributed by atoms with Crippen molar-refractivity contribution in [1.29, 1.82) is 0 Å². The Morgan fingerprint density at radius 2 is 2.40 bits per heavy atom. The molecule has 0 aromatic rings. The molecule has 1 aliphatic heterocycles. The third kappa shape index (κ3) is 1.50. The standard InChI is InChI=1S/C7H13N3/c1-3-6(2)7-4-9-10-5-8-7/h4-6,9H,3H2,1-2H3,(H,8,10). The van der Waals surface area contributed by atoms with Crippen molar-refractivity contribution in [2.45, 2.75) is 20.3 Å². The number of aliphatic imine (C=N–C) groups is 1. The highest BCUT2D eigenvalue weighted by Crippen LogP contribution is 2.14. The van der Waals surface area contributed by atoms with Gasteiger partial charge in [-0.15, -0.1) is 0 Å². The third-order valence-electron chi connectivity index (χ3n) is 1.70. The highest BCUT2D eigenvalue weighted by atomic mass is 15.4. The van der Waals surface area contributed by atoms with Crippen LogP contribution in [0.15, 0.2) is 16.9 Å². The van der Waals surface area contributed by atoms with Crippen molar-refractivity contribution in [1.82, 2.24) is 10.9 Å². The number of nitrogens with one attached hydrogen (secondary N) is 2. The molecule has 0 aromatic heterocycles. The molecule has 56 valence electrons. The van der Waals surface area contributed by atoms with Crippen molar-refractivity contribution in [3.63, 3.8) is 0 Å². The lowest BCUT2D eigenvalue weighted by Crippen LogP contribution is -2.29. The van der Waals surface area contributed by atoms with Gasteiger partial charge in [-0.05, 0) is 12.3 Å². The van der Waals surface area contributed by atoms with Crippen LogP contribution in [0.25, 0.3) is 0 Å². The normalized spacial score (nSPS) is 18.8. The summed E-state index contributed by atoms with van der Waals surface area (Å²) in [6.45, 7) is 4.32. The summed E-state index contributed by atoms with van der Waals surface area (Å²) in [5.41, 5.74) is 6.78. The minimum Gasteiger partial charge on any atom is -0.306 e. The fraction of sp³-hybridized carbons (Fsp3) is 0.571. The molecule has 0 spiro atoms. The van der Waals surface area contributed by atoms with Gasteiger partial charge in [0, 0.05) is 6.20 Å². The van der Waals surface area contributed by atoms with Crippen molar-refractivity contribution < 1.29 is 0 Å². The number of hydrogen-bond acceptors (Lipinski definition) is 3. The molecular weight excluding hydrogens is 126 g/mol.